The summed E-state index contributed by atoms with van der Waals surface area (Å²) in [5, 5.41) is 12.9. The zero-order chi connectivity index (χ0) is 17.2. The molecule has 0 aliphatic heterocycles. The molecule has 0 fully saturated rings. The van der Waals surface area contributed by atoms with E-state index in [2.05, 4.69) is 33.0 Å². The Kier molecular flexibility index (Phi) is 9.75. The second-order valence-corrected chi connectivity index (χ2v) is 7.11. The first kappa shape index (κ1) is 20.4. The molecule has 0 radical (unpaired) electrons. The highest BCUT2D eigenvalue weighted by atomic mass is 35.5. The van der Waals surface area contributed by atoms with Gasteiger partial charge in [-0.1, -0.05) is 29.8 Å². The minimum absolute atomic E-state index is 0.340. The van der Waals surface area contributed by atoms with Gasteiger partial charge in [-0.05, 0) is 39.3 Å². The molecule has 0 aliphatic carbocycles. The lowest BCUT2D eigenvalue weighted by atomic mass is 10.2. The van der Waals surface area contributed by atoms with Crippen LogP contribution in [0.4, 0.5) is 0 Å². The van der Waals surface area contributed by atoms with Gasteiger partial charge < -0.3 is 20.1 Å². The van der Waals surface area contributed by atoms with Gasteiger partial charge in [0.1, 0.15) is 25.7 Å². The molecule has 1 rings (SSSR count). The van der Waals surface area contributed by atoms with Crippen LogP contribution in [0.2, 0.25) is 5.02 Å². The van der Waals surface area contributed by atoms with Crippen LogP contribution in [-0.4, -0.2) is 49.5 Å². The van der Waals surface area contributed by atoms with Crippen LogP contribution in [0.5, 0.6) is 0 Å². The molecule has 5 heteroatoms. The molecule has 0 aliphatic rings. The molecule has 1 aromatic carbocycles. The van der Waals surface area contributed by atoms with Crippen molar-refractivity contribution in [3.05, 3.63) is 34.9 Å². The minimum Gasteiger partial charge on any atom is -0.385 e. The van der Waals surface area contributed by atoms with E-state index in [1.165, 1.54) is 0 Å². The number of nitrogens with one attached hydrogen (secondary N) is 1. The van der Waals surface area contributed by atoms with Gasteiger partial charge in [0.2, 0.25) is 0 Å². The highest BCUT2D eigenvalue weighted by Gasteiger charge is 2.17. The summed E-state index contributed by atoms with van der Waals surface area (Å²) in [6.45, 7) is 12.6. The quantitative estimate of drug-likeness (QED) is 0.511. The van der Waals surface area contributed by atoms with Crippen LogP contribution in [0.25, 0.3) is 0 Å². The lowest BCUT2D eigenvalue weighted by Crippen LogP contribution is -3.19. The summed E-state index contributed by atoms with van der Waals surface area (Å²) in [4.78, 5) is 1.60. The maximum absolute atomic E-state index is 9.98. The topological polar surface area (TPSA) is 50.5 Å². The number of nitrogens with two attached hydrogens (primary N) is 1. The van der Waals surface area contributed by atoms with Crippen molar-refractivity contribution in [2.45, 2.75) is 52.5 Å². The number of aliphatic hydroxyl groups is 1. The van der Waals surface area contributed by atoms with Gasteiger partial charge in [0.05, 0.1) is 25.3 Å². The van der Waals surface area contributed by atoms with E-state index < -0.39 is 6.10 Å². The summed E-state index contributed by atoms with van der Waals surface area (Å²) < 4.78 is 5.56. The van der Waals surface area contributed by atoms with Crippen molar-refractivity contribution in [2.24, 2.45) is 0 Å². The summed E-state index contributed by atoms with van der Waals surface area (Å²) >= 11 is 6.07. The number of rotatable bonds is 11. The van der Waals surface area contributed by atoms with Gasteiger partial charge in [-0.3, -0.25) is 0 Å². The first-order valence-corrected chi connectivity index (χ1v) is 8.96. The Labute approximate surface area is 145 Å². The Morgan fingerprint density at radius 1 is 1.17 bits per heavy atom. The largest absolute Gasteiger partial charge is 0.385 e. The molecule has 132 valence electrons. The second-order valence-electron chi connectivity index (χ2n) is 6.71. The normalized spacial score (nSPS) is 13.3. The van der Waals surface area contributed by atoms with Gasteiger partial charge in [0.25, 0.3) is 0 Å². The van der Waals surface area contributed by atoms with E-state index >= 15 is 0 Å². The van der Waals surface area contributed by atoms with Crippen LogP contribution in [0.1, 0.15) is 33.3 Å². The van der Waals surface area contributed by atoms with Crippen molar-refractivity contribution in [3.63, 3.8) is 0 Å². The maximum atomic E-state index is 9.98. The number of hydrogen-bond donors (Lipinski definition) is 3. The van der Waals surface area contributed by atoms with Crippen molar-refractivity contribution in [3.8, 4) is 0 Å². The predicted octanol–water partition coefficient (Wildman–Crippen LogP) is 0.483. The zero-order valence-corrected chi connectivity index (χ0v) is 15.6. The smallest absolute Gasteiger partial charge is 0.127 e. The molecule has 0 aromatic heterocycles. The molecule has 0 saturated heterocycles. The summed E-state index contributed by atoms with van der Waals surface area (Å²) in [5.41, 5.74) is 0.957. The molecule has 0 bridgehead atoms. The van der Waals surface area contributed by atoms with E-state index in [1.807, 2.05) is 24.3 Å². The number of ether oxygens (including phenoxy) is 1. The number of aliphatic hydroxyl groups excluding tert-OH is 1. The SMILES string of the molecule is CC(C)[NH+](CC[NH2+]C[C@@H](O)COCc1ccccc1Cl)C(C)C. The molecule has 0 amide bonds. The standard InChI is InChI=1S/C18H31ClN2O2/c1-14(2)21(15(3)4)10-9-20-11-17(22)13-23-12-16-7-5-6-8-18(16)19/h5-8,14-15,17,20,22H,9-13H2,1-4H3/p+2/t17-/m1/s1. The number of halogens is 1. The fourth-order valence-electron chi connectivity index (χ4n) is 2.81. The minimum atomic E-state index is -0.445. The molecule has 0 saturated carbocycles. The van der Waals surface area contributed by atoms with Gasteiger partial charge in [-0.2, -0.15) is 0 Å². The Balaban J connectivity index is 2.15. The Hall–Kier alpha value is -0.650. The molecule has 4 nitrogen and oxygen atoms in total. The van der Waals surface area contributed by atoms with Gasteiger partial charge in [0.15, 0.2) is 0 Å². The molecule has 1 atom stereocenters. The molecular formula is C18H33ClN2O2+2. The third-order valence-electron chi connectivity index (χ3n) is 4.08. The average Bonchev–Trinajstić information content (AvgIpc) is 2.48. The van der Waals surface area contributed by atoms with Crippen LogP contribution in [-0.2, 0) is 11.3 Å². The molecule has 0 heterocycles. The fraction of sp³-hybridized carbons (Fsp3) is 0.667. The van der Waals surface area contributed by atoms with Crippen LogP contribution < -0.4 is 10.2 Å². The monoisotopic (exact) mass is 344 g/mol. The lowest BCUT2D eigenvalue weighted by Gasteiger charge is -2.26. The van der Waals surface area contributed by atoms with E-state index in [0.29, 0.717) is 36.9 Å². The van der Waals surface area contributed by atoms with Crippen LogP contribution >= 0.6 is 11.6 Å². The first-order chi connectivity index (χ1) is 10.9. The van der Waals surface area contributed by atoms with Crippen LogP contribution in [0, 0.1) is 0 Å². The molecule has 0 spiro atoms. The molecule has 23 heavy (non-hydrogen) atoms. The second kappa shape index (κ2) is 11.0. The molecule has 4 N–H and O–H groups in total. The van der Waals surface area contributed by atoms with E-state index in [0.717, 1.165) is 18.7 Å². The number of quaternary nitrogens is 2. The summed E-state index contributed by atoms with van der Waals surface area (Å²) in [6, 6.07) is 8.89. The predicted molar refractivity (Wildman–Crippen MR) is 94.9 cm³/mol. The van der Waals surface area contributed by atoms with E-state index in [9.17, 15) is 5.11 Å². The zero-order valence-electron chi connectivity index (χ0n) is 14.9. The summed E-state index contributed by atoms with van der Waals surface area (Å²) in [5.74, 6) is 0. The fourth-order valence-corrected chi connectivity index (χ4v) is 3.00. The van der Waals surface area contributed by atoms with Crippen molar-refractivity contribution in [1.82, 2.24) is 0 Å². The maximum Gasteiger partial charge on any atom is 0.127 e. The molecule has 1 aromatic rings. The molecule has 0 unspecified atom stereocenters. The van der Waals surface area contributed by atoms with E-state index in [1.54, 1.807) is 4.90 Å². The van der Waals surface area contributed by atoms with Gasteiger partial charge in [-0.15, -0.1) is 0 Å². The number of benzene rings is 1. The van der Waals surface area contributed by atoms with Crippen molar-refractivity contribution in [2.75, 3.05) is 26.2 Å². The Morgan fingerprint density at radius 3 is 2.43 bits per heavy atom. The highest BCUT2D eigenvalue weighted by molar-refractivity contribution is 6.31. The Morgan fingerprint density at radius 2 is 1.83 bits per heavy atom. The molecular weight excluding hydrogens is 312 g/mol. The highest BCUT2D eigenvalue weighted by Crippen LogP contribution is 2.15. The van der Waals surface area contributed by atoms with Crippen molar-refractivity contribution >= 4 is 11.6 Å². The third-order valence-corrected chi connectivity index (χ3v) is 4.45. The van der Waals surface area contributed by atoms with E-state index in [-0.39, 0.29) is 0 Å². The average molecular weight is 345 g/mol. The van der Waals surface area contributed by atoms with Crippen LogP contribution in [0.15, 0.2) is 24.3 Å². The van der Waals surface area contributed by atoms with Gasteiger partial charge in [0, 0.05) is 5.02 Å². The first-order valence-electron chi connectivity index (χ1n) is 8.58. The lowest BCUT2D eigenvalue weighted by molar-refractivity contribution is -0.952. The Bertz CT molecular complexity index is 433. The van der Waals surface area contributed by atoms with Gasteiger partial charge >= 0.3 is 0 Å². The van der Waals surface area contributed by atoms with Crippen molar-refractivity contribution in [1.29, 1.82) is 0 Å². The van der Waals surface area contributed by atoms with Crippen molar-refractivity contribution < 1.29 is 20.1 Å². The third kappa shape index (κ3) is 8.13. The number of hydrogen-bond acceptors (Lipinski definition) is 2. The summed E-state index contributed by atoms with van der Waals surface area (Å²) in [6.07, 6.45) is -0.445. The summed E-state index contributed by atoms with van der Waals surface area (Å²) in [7, 11) is 0. The van der Waals surface area contributed by atoms with Gasteiger partial charge in [-0.25, -0.2) is 0 Å². The van der Waals surface area contributed by atoms with E-state index in [4.69, 9.17) is 16.3 Å². The van der Waals surface area contributed by atoms with Crippen LogP contribution in [0.3, 0.4) is 0 Å².